The van der Waals surface area contributed by atoms with Gasteiger partial charge in [-0.15, -0.1) is 0 Å². The largest absolute Gasteiger partial charge is 0.497 e. The zero-order chi connectivity index (χ0) is 13.4. The van der Waals surface area contributed by atoms with Crippen LogP contribution in [0.2, 0.25) is 0 Å². The van der Waals surface area contributed by atoms with Gasteiger partial charge in [-0.05, 0) is 30.8 Å². The van der Waals surface area contributed by atoms with Gasteiger partial charge in [0.2, 0.25) is 0 Å². The molecule has 1 atom stereocenters. The van der Waals surface area contributed by atoms with Crippen LogP contribution in [0, 0.1) is 0 Å². The number of likely N-dealkylation sites (N-methyl/N-ethyl adjacent to an activating group) is 1. The predicted octanol–water partition coefficient (Wildman–Crippen LogP) is 2.41. The molecule has 0 spiro atoms. The van der Waals surface area contributed by atoms with E-state index in [1.165, 1.54) is 0 Å². The van der Waals surface area contributed by atoms with E-state index in [1.807, 2.05) is 36.4 Å². The van der Waals surface area contributed by atoms with Gasteiger partial charge in [-0.2, -0.15) is 0 Å². The quantitative estimate of drug-likeness (QED) is 0.805. The number of methoxy groups -OCH3 is 1. The van der Waals surface area contributed by atoms with Crippen molar-refractivity contribution in [2.75, 3.05) is 26.7 Å². The Labute approximate surface area is 110 Å². The first-order valence-electron chi connectivity index (χ1n) is 6.42. The van der Waals surface area contributed by atoms with Crippen LogP contribution in [0.3, 0.4) is 0 Å². The molecule has 3 heteroatoms. The van der Waals surface area contributed by atoms with E-state index in [0.29, 0.717) is 6.54 Å². The normalized spacial score (nSPS) is 13.2. The summed E-state index contributed by atoms with van der Waals surface area (Å²) in [5.74, 6) is 0.843. The molecule has 3 nitrogen and oxygen atoms in total. The van der Waals surface area contributed by atoms with Crippen molar-refractivity contribution in [2.24, 2.45) is 0 Å². The number of benzene rings is 1. The highest BCUT2D eigenvalue weighted by molar-refractivity contribution is 5.51. The van der Waals surface area contributed by atoms with Crippen molar-refractivity contribution in [3.05, 3.63) is 35.9 Å². The standard InChI is InChI=1S/C15H23NO2/c1-4-16(5-2)12-14(17)9-6-13-7-10-15(18-3)11-8-13/h6-11,14,17H,4-5,12H2,1-3H3/b9-6-. The fourth-order valence-electron chi connectivity index (χ4n) is 1.74. The molecule has 1 unspecified atom stereocenters. The molecule has 0 aliphatic carbocycles. The Morgan fingerprint density at radius 2 is 1.83 bits per heavy atom. The van der Waals surface area contributed by atoms with Gasteiger partial charge in [-0.1, -0.05) is 38.1 Å². The summed E-state index contributed by atoms with van der Waals surface area (Å²) in [6, 6.07) is 7.77. The Balaban J connectivity index is 2.51. The van der Waals surface area contributed by atoms with Gasteiger partial charge in [-0.25, -0.2) is 0 Å². The molecule has 0 heterocycles. The molecule has 0 fully saturated rings. The van der Waals surface area contributed by atoms with Crippen LogP contribution in [0.1, 0.15) is 19.4 Å². The summed E-state index contributed by atoms with van der Waals surface area (Å²) >= 11 is 0. The number of hydrogen-bond donors (Lipinski definition) is 1. The Bertz CT molecular complexity index is 355. The van der Waals surface area contributed by atoms with Crippen LogP contribution in [0.15, 0.2) is 30.3 Å². The second-order valence-corrected chi connectivity index (χ2v) is 4.19. The van der Waals surface area contributed by atoms with Crippen LogP contribution in [0.4, 0.5) is 0 Å². The maximum atomic E-state index is 9.89. The number of ether oxygens (including phenoxy) is 1. The van der Waals surface area contributed by atoms with Crippen LogP contribution in [0.5, 0.6) is 5.75 Å². The number of rotatable bonds is 7. The molecule has 0 aliphatic heterocycles. The van der Waals surface area contributed by atoms with Crippen LogP contribution in [0.25, 0.3) is 6.08 Å². The highest BCUT2D eigenvalue weighted by Crippen LogP contribution is 2.12. The van der Waals surface area contributed by atoms with Crippen molar-refractivity contribution in [3.8, 4) is 5.75 Å². The van der Waals surface area contributed by atoms with E-state index in [9.17, 15) is 5.11 Å². The molecule has 0 radical (unpaired) electrons. The van der Waals surface area contributed by atoms with Crippen molar-refractivity contribution in [1.29, 1.82) is 0 Å². The van der Waals surface area contributed by atoms with Crippen LogP contribution in [-0.2, 0) is 0 Å². The first-order chi connectivity index (χ1) is 8.69. The summed E-state index contributed by atoms with van der Waals surface area (Å²) in [7, 11) is 1.65. The van der Waals surface area contributed by atoms with E-state index in [0.717, 1.165) is 24.4 Å². The van der Waals surface area contributed by atoms with E-state index >= 15 is 0 Å². The summed E-state index contributed by atoms with van der Waals surface area (Å²) < 4.78 is 5.10. The van der Waals surface area contributed by atoms with E-state index in [2.05, 4.69) is 18.7 Å². The second kappa shape index (κ2) is 7.90. The van der Waals surface area contributed by atoms with Gasteiger partial charge in [-0.3, -0.25) is 0 Å². The summed E-state index contributed by atoms with van der Waals surface area (Å²) in [6.07, 6.45) is 3.35. The van der Waals surface area contributed by atoms with Gasteiger partial charge in [0.05, 0.1) is 13.2 Å². The molecule has 0 bridgehead atoms. The Hall–Kier alpha value is -1.32. The lowest BCUT2D eigenvalue weighted by atomic mass is 10.2. The molecule has 0 amide bonds. The maximum Gasteiger partial charge on any atom is 0.118 e. The molecular weight excluding hydrogens is 226 g/mol. The smallest absolute Gasteiger partial charge is 0.118 e. The van der Waals surface area contributed by atoms with Crippen molar-refractivity contribution in [3.63, 3.8) is 0 Å². The highest BCUT2D eigenvalue weighted by Gasteiger charge is 2.04. The molecule has 0 aliphatic rings. The minimum atomic E-state index is -0.424. The van der Waals surface area contributed by atoms with Crippen molar-refractivity contribution in [1.82, 2.24) is 4.90 Å². The third kappa shape index (κ3) is 4.90. The van der Waals surface area contributed by atoms with Crippen LogP contribution in [-0.4, -0.2) is 42.9 Å². The van der Waals surface area contributed by atoms with E-state index < -0.39 is 6.10 Å². The van der Waals surface area contributed by atoms with E-state index in [1.54, 1.807) is 7.11 Å². The number of aliphatic hydroxyl groups excluding tert-OH is 1. The average molecular weight is 249 g/mol. The molecule has 1 rings (SSSR count). The number of nitrogens with zero attached hydrogens (tertiary/aromatic N) is 1. The molecule has 0 saturated carbocycles. The Kier molecular flexibility index (Phi) is 6.47. The molecule has 0 saturated heterocycles. The summed E-state index contributed by atoms with van der Waals surface area (Å²) in [4.78, 5) is 2.20. The van der Waals surface area contributed by atoms with Crippen molar-refractivity contribution in [2.45, 2.75) is 20.0 Å². The van der Waals surface area contributed by atoms with Gasteiger partial charge in [0.1, 0.15) is 5.75 Å². The Morgan fingerprint density at radius 3 is 2.33 bits per heavy atom. The zero-order valence-corrected chi connectivity index (χ0v) is 11.5. The van der Waals surface area contributed by atoms with Crippen LogP contribution < -0.4 is 4.74 Å². The average Bonchev–Trinajstić information content (AvgIpc) is 2.43. The Morgan fingerprint density at radius 1 is 1.22 bits per heavy atom. The number of aliphatic hydroxyl groups is 1. The maximum absolute atomic E-state index is 9.89. The molecule has 1 N–H and O–H groups in total. The van der Waals surface area contributed by atoms with E-state index in [-0.39, 0.29) is 0 Å². The van der Waals surface area contributed by atoms with Crippen molar-refractivity contribution < 1.29 is 9.84 Å². The molecule has 0 aromatic heterocycles. The highest BCUT2D eigenvalue weighted by atomic mass is 16.5. The lowest BCUT2D eigenvalue weighted by molar-refractivity contribution is 0.155. The SMILES string of the molecule is CCN(CC)CC(O)/C=C\c1ccc(OC)cc1. The van der Waals surface area contributed by atoms with Crippen LogP contribution >= 0.6 is 0 Å². The van der Waals surface area contributed by atoms with Gasteiger partial charge in [0, 0.05) is 6.54 Å². The monoisotopic (exact) mass is 249 g/mol. The minimum Gasteiger partial charge on any atom is -0.497 e. The lowest BCUT2D eigenvalue weighted by Gasteiger charge is -2.19. The van der Waals surface area contributed by atoms with Gasteiger partial charge >= 0.3 is 0 Å². The third-order valence-electron chi connectivity index (χ3n) is 2.97. The fourth-order valence-corrected chi connectivity index (χ4v) is 1.74. The zero-order valence-electron chi connectivity index (χ0n) is 11.5. The lowest BCUT2D eigenvalue weighted by Crippen LogP contribution is -2.31. The fraction of sp³-hybridized carbons (Fsp3) is 0.467. The second-order valence-electron chi connectivity index (χ2n) is 4.19. The molecule has 1 aromatic rings. The van der Waals surface area contributed by atoms with Gasteiger partial charge in [0.15, 0.2) is 0 Å². The summed E-state index contributed by atoms with van der Waals surface area (Å²) in [6.45, 7) is 6.81. The van der Waals surface area contributed by atoms with Crippen molar-refractivity contribution >= 4 is 6.08 Å². The first-order valence-corrected chi connectivity index (χ1v) is 6.42. The van der Waals surface area contributed by atoms with Gasteiger partial charge in [0.25, 0.3) is 0 Å². The predicted molar refractivity (Wildman–Crippen MR) is 75.8 cm³/mol. The van der Waals surface area contributed by atoms with Gasteiger partial charge < -0.3 is 14.7 Å². The topological polar surface area (TPSA) is 32.7 Å². The molecule has 18 heavy (non-hydrogen) atoms. The molecule has 100 valence electrons. The summed E-state index contributed by atoms with van der Waals surface area (Å²) in [5, 5.41) is 9.89. The third-order valence-corrected chi connectivity index (χ3v) is 2.97. The first kappa shape index (κ1) is 14.7. The number of hydrogen-bond acceptors (Lipinski definition) is 3. The van der Waals surface area contributed by atoms with E-state index in [4.69, 9.17) is 4.74 Å². The molecule has 1 aromatic carbocycles. The summed E-state index contributed by atoms with van der Waals surface area (Å²) in [5.41, 5.74) is 1.06. The minimum absolute atomic E-state index is 0.424. The molecular formula is C15H23NO2.